The molecule has 0 unspecified atom stereocenters. The van der Waals surface area contributed by atoms with Gasteiger partial charge in [0.05, 0.1) is 62.2 Å². The van der Waals surface area contributed by atoms with E-state index in [1.165, 1.54) is 39.5 Å². The topological polar surface area (TPSA) is 460 Å². The molecule has 0 heterocycles. The molecular formula is C59H74N10O23S4. The molecular weight excluding hydrogens is 1340 g/mol. The van der Waals surface area contributed by atoms with Crippen LogP contribution in [0.25, 0.3) is 0 Å². The van der Waals surface area contributed by atoms with Gasteiger partial charge in [0.2, 0.25) is 10.9 Å². The summed E-state index contributed by atoms with van der Waals surface area (Å²) in [5.74, 6) is 0.589. The fourth-order valence-corrected chi connectivity index (χ4v) is 8.61. The minimum absolute atomic E-state index is 0.0139. The van der Waals surface area contributed by atoms with E-state index in [9.17, 15) is 67.1 Å². The smallest absolute Gasteiger partial charge is 0.272 e. The largest absolute Gasteiger partial charge is 0.514 e. The Balaban J connectivity index is 0.00000105. The molecule has 0 saturated heterocycles. The summed E-state index contributed by atoms with van der Waals surface area (Å²) in [6, 6.07) is 0. The van der Waals surface area contributed by atoms with Crippen LogP contribution < -0.4 is 152 Å². The quantitative estimate of drug-likeness (QED) is 0.0323. The Morgan fingerprint density at radius 2 is 0.688 bits per heavy atom. The van der Waals surface area contributed by atoms with E-state index >= 15 is 0 Å². The predicted molar refractivity (Wildman–Crippen MR) is 383 cm³/mol. The van der Waals surface area contributed by atoms with Gasteiger partial charge in [-0.2, -0.15) is 0 Å². The standard InChI is InChI=1S/2C7H9NO3.C7H9NOS2.3C6H7NO3.C6H7NO2.C6H7NOS2.C5H5NO3.C3H7NO/c1-8(2)4-5(9)6(10)7(4)11-3;1-3-8-4-5(9)6(10)7(4)11-2;1-8(2)4-5(9-3)7(11)6(4)10;1-7-3-4(8)5(9)6(3)10-2;1-7(2)3-4(8)6(10)5(3)9;1-2-7-3-4(8)6(10)5(3)9;1-3-4(7-2)6(9)5(3)8;1-7-3-4(8-2)6(10)5(3)9;1-6-2-3(7)5(9)4(2)8;1-4-2-3-5/h1-3H3;8H,3H2,1-2H3;1-3H3;7H,1-2H3;8H,1-2H3;7-8H,2H2,1H3;7H,1-2H3;7H,1-2H3;6-7H,1H3;2-5H,1H3/b;;;;;;;;;3-2-. The Labute approximate surface area is 565 Å². The molecule has 0 aliphatic heterocycles. The van der Waals surface area contributed by atoms with Crippen molar-refractivity contribution in [1.82, 2.24) is 5.32 Å². The second kappa shape index (κ2) is 39.1. The third-order valence-corrected chi connectivity index (χ3v) is 14.2. The molecule has 33 nitrogen and oxygen atoms in total. The van der Waals surface area contributed by atoms with Crippen LogP contribution in [-0.2, 0) is 0 Å². The lowest BCUT2D eigenvalue weighted by Gasteiger charge is -2.19. The van der Waals surface area contributed by atoms with Crippen molar-refractivity contribution in [2.45, 2.75) is 20.8 Å². The van der Waals surface area contributed by atoms with Gasteiger partial charge in [-0.05, 0) is 20.8 Å². The fraction of sp³-hybridized carbons (Fsp3) is 0.356. The van der Waals surface area contributed by atoms with E-state index in [1.807, 2.05) is 25.9 Å². The van der Waals surface area contributed by atoms with Gasteiger partial charge in [-0.1, -0.05) is 48.9 Å². The van der Waals surface area contributed by atoms with E-state index in [1.54, 1.807) is 89.3 Å². The average molecular weight is 1420 g/mol. The van der Waals surface area contributed by atoms with E-state index in [2.05, 4.69) is 46.7 Å². The second-order valence-corrected chi connectivity index (χ2v) is 20.5. The average Bonchev–Trinajstić information content (AvgIpc) is 0.791. The number of aromatic hydroxyl groups is 3. The molecule has 0 radical (unpaired) electrons. The van der Waals surface area contributed by atoms with Gasteiger partial charge >= 0.3 is 0 Å². The molecule has 0 bridgehead atoms. The lowest BCUT2D eigenvalue weighted by molar-refractivity contribution is 0.406. The first-order valence-corrected chi connectivity index (χ1v) is 28.9. The molecule has 9 aromatic carbocycles. The third-order valence-electron chi connectivity index (χ3n) is 12.4. The summed E-state index contributed by atoms with van der Waals surface area (Å²) in [5.41, 5.74) is -4.20. The molecule has 0 fully saturated rings. The van der Waals surface area contributed by atoms with Crippen LogP contribution in [0.2, 0.25) is 0 Å². The minimum Gasteiger partial charge on any atom is -0.514 e. The molecule has 0 saturated carbocycles. The number of ether oxygens (including phenoxy) is 5. The molecule has 9 rings (SSSR count). The van der Waals surface area contributed by atoms with Crippen LogP contribution in [0, 0.1) is 25.0 Å². The van der Waals surface area contributed by atoms with E-state index in [0.717, 1.165) is 27.9 Å². The summed E-state index contributed by atoms with van der Waals surface area (Å²) in [7, 11) is 25.9. The number of nitrogens with zero attached hydrogens (tertiary/aromatic N) is 3. The molecule has 0 aliphatic rings. The fourth-order valence-electron chi connectivity index (χ4n) is 7.39. The number of hydrogen-bond acceptors (Lipinski definition) is 37. The molecule has 0 atom stereocenters. The molecule has 11 N–H and O–H groups in total. The van der Waals surface area contributed by atoms with Gasteiger partial charge < -0.3 is 96.0 Å². The Kier molecular flexibility index (Phi) is 34.8. The zero-order chi connectivity index (χ0) is 74.8. The van der Waals surface area contributed by atoms with Crippen LogP contribution in [0.15, 0.2) is 79.6 Å². The Bertz CT molecular complexity index is 4580. The lowest BCUT2D eigenvalue weighted by atomic mass is 10.1. The maximum absolute atomic E-state index is 10.8. The molecule has 0 spiro atoms. The molecule has 0 amide bonds. The summed E-state index contributed by atoms with van der Waals surface area (Å²) < 4.78 is 26.8. The molecule has 0 aliphatic carbocycles. The SMILES string of the molecule is CCNc1c(O)c(=O)c1=O.CCNc1c(OC)c(=O)c1=O.CN(C)c1c(O)c(=O)c1=O.CN/C=C\O.CNc1c(C)c(=O)c1=O.CNc1c(O)c(=O)c1=O.CNc1c(OC)c(=O)c1=O.CNc1c(OC)c(=S)c1=S.COc1c(N(C)C)c(=O)c1=O.COc1c(N(C)C)c(=S)c1=S. The van der Waals surface area contributed by atoms with E-state index < -0.39 is 87.8 Å². The number of aliphatic hydroxyl groups is 1. The third kappa shape index (κ3) is 19.2. The zero-order valence-electron chi connectivity index (χ0n) is 55.6. The van der Waals surface area contributed by atoms with Gasteiger partial charge in [0.1, 0.15) is 48.8 Å². The highest BCUT2D eigenvalue weighted by Crippen LogP contribution is 2.36. The lowest BCUT2D eigenvalue weighted by Crippen LogP contribution is -2.38. The van der Waals surface area contributed by atoms with Gasteiger partial charge in [0, 0.05) is 102 Å². The van der Waals surface area contributed by atoms with E-state index in [4.69, 9.17) is 83.5 Å². The van der Waals surface area contributed by atoms with Crippen LogP contribution in [0.1, 0.15) is 19.4 Å². The van der Waals surface area contributed by atoms with Gasteiger partial charge in [-0.15, -0.1) is 0 Å². The van der Waals surface area contributed by atoms with E-state index in [0.29, 0.717) is 55.0 Å². The second-order valence-electron chi connectivity index (χ2n) is 18.9. The van der Waals surface area contributed by atoms with Crippen LogP contribution >= 0.6 is 48.9 Å². The molecule has 0 aromatic heterocycles. The molecule has 96 heavy (non-hydrogen) atoms. The molecule has 522 valence electrons. The Morgan fingerprint density at radius 3 is 0.948 bits per heavy atom. The van der Waals surface area contributed by atoms with Crippen molar-refractivity contribution in [1.29, 1.82) is 0 Å². The monoisotopic (exact) mass is 1420 g/mol. The van der Waals surface area contributed by atoms with Crippen molar-refractivity contribution in [2.75, 3.05) is 173 Å². The van der Waals surface area contributed by atoms with Crippen LogP contribution in [-0.4, -0.2) is 147 Å². The van der Waals surface area contributed by atoms with Crippen LogP contribution in [0.5, 0.6) is 46.0 Å². The first kappa shape index (κ1) is 85.3. The molecule has 9 aromatic rings. The maximum atomic E-state index is 10.8. The van der Waals surface area contributed by atoms with Gasteiger partial charge in [-0.3, -0.25) is 67.1 Å². The molecule has 37 heteroatoms. The minimum atomic E-state index is -0.806. The highest BCUT2D eigenvalue weighted by Gasteiger charge is 2.25. The Morgan fingerprint density at radius 1 is 0.354 bits per heavy atom. The summed E-state index contributed by atoms with van der Waals surface area (Å²) in [5, 5.41) is 52.3. The first-order valence-electron chi connectivity index (χ1n) is 27.3. The highest BCUT2D eigenvalue weighted by atomic mass is 32.1. The highest BCUT2D eigenvalue weighted by molar-refractivity contribution is 7.74. The number of hydrogen-bond donors (Lipinski definition) is 11. The van der Waals surface area contributed by atoms with Crippen molar-refractivity contribution in [3.8, 4) is 46.0 Å². The number of rotatable bonds is 17. The number of anilines is 9. The summed E-state index contributed by atoms with van der Waals surface area (Å²) in [6.45, 7) is 6.39. The van der Waals surface area contributed by atoms with Crippen molar-refractivity contribution in [2.24, 2.45) is 0 Å². The normalized spacial score (nSPS) is 9.95. The number of aliphatic hydroxyl groups excluding tert-OH is 1. The summed E-state index contributed by atoms with van der Waals surface area (Å²) >= 11 is 19.8. The summed E-state index contributed by atoms with van der Waals surface area (Å²) in [4.78, 5) is 153. The van der Waals surface area contributed by atoms with Crippen LogP contribution in [0.3, 0.4) is 0 Å². The van der Waals surface area contributed by atoms with Crippen molar-refractivity contribution in [3.63, 3.8) is 0 Å². The number of nitrogens with one attached hydrogen (secondary N) is 7. The maximum Gasteiger partial charge on any atom is 0.272 e. The van der Waals surface area contributed by atoms with Gasteiger partial charge in [0.15, 0.2) is 46.0 Å². The van der Waals surface area contributed by atoms with Crippen molar-refractivity contribution in [3.05, 3.63) is 179 Å². The summed E-state index contributed by atoms with van der Waals surface area (Å²) in [6.07, 6.45) is 2.38. The zero-order valence-corrected chi connectivity index (χ0v) is 58.9. The van der Waals surface area contributed by atoms with E-state index in [-0.39, 0.29) is 45.4 Å². The first-order chi connectivity index (χ1) is 44.8. The van der Waals surface area contributed by atoms with Crippen molar-refractivity contribution < 1.29 is 44.1 Å². The van der Waals surface area contributed by atoms with Gasteiger partial charge in [-0.25, -0.2) is 0 Å². The Hall–Kier alpha value is -10.7. The van der Waals surface area contributed by atoms with Crippen LogP contribution in [0.4, 0.5) is 51.2 Å². The number of methoxy groups -OCH3 is 5. The predicted octanol–water partition coefficient (Wildman–Crippen LogP) is -0.0478. The van der Waals surface area contributed by atoms with Crippen molar-refractivity contribution >= 4 is 100 Å². The van der Waals surface area contributed by atoms with Gasteiger partial charge in [0.25, 0.3) is 65.1 Å².